The van der Waals surface area contributed by atoms with Crippen LogP contribution in [0.25, 0.3) is 0 Å². The number of hydrogen-bond acceptors (Lipinski definition) is 2. The summed E-state index contributed by atoms with van der Waals surface area (Å²) in [4.78, 5) is 0. The second-order valence-electron chi connectivity index (χ2n) is 12.4. The predicted molar refractivity (Wildman–Crippen MR) is 147 cm³/mol. The van der Waals surface area contributed by atoms with Crippen molar-refractivity contribution in [3.8, 4) is 11.5 Å². The second-order valence-corrected chi connectivity index (χ2v) is 12.4. The summed E-state index contributed by atoms with van der Waals surface area (Å²) in [5, 5.41) is 20.3. The van der Waals surface area contributed by atoms with Crippen molar-refractivity contribution in [2.75, 3.05) is 0 Å². The van der Waals surface area contributed by atoms with Crippen molar-refractivity contribution >= 4 is 0 Å². The summed E-state index contributed by atoms with van der Waals surface area (Å²) in [5.74, 6) is 0.840. The minimum absolute atomic E-state index is 0.0625. The molecule has 0 spiro atoms. The molecule has 2 aromatic carbocycles. The Kier molecular flexibility index (Phi) is 10.1. The highest BCUT2D eigenvalue weighted by atomic mass is 16.3. The van der Waals surface area contributed by atoms with Crippen LogP contribution in [0.15, 0.2) is 24.3 Å². The van der Waals surface area contributed by atoms with Crippen LogP contribution in [0.3, 0.4) is 0 Å². The molecule has 190 valence electrons. The van der Waals surface area contributed by atoms with Gasteiger partial charge in [-0.25, -0.2) is 0 Å². The van der Waals surface area contributed by atoms with Crippen molar-refractivity contribution in [3.63, 3.8) is 0 Å². The first-order valence-electron chi connectivity index (χ1n) is 13.5. The molecule has 0 radical (unpaired) electrons. The third-order valence-corrected chi connectivity index (χ3v) is 7.10. The molecule has 2 heteroatoms. The van der Waals surface area contributed by atoms with Crippen LogP contribution in [0.5, 0.6) is 11.5 Å². The van der Waals surface area contributed by atoms with Gasteiger partial charge < -0.3 is 10.2 Å². The fraction of sp³-hybridized carbons (Fsp3) is 0.625. The second kappa shape index (κ2) is 12.1. The average Bonchev–Trinajstić information content (AvgIpc) is 2.72. The van der Waals surface area contributed by atoms with Gasteiger partial charge in [-0.15, -0.1) is 0 Å². The van der Waals surface area contributed by atoms with E-state index in [1.807, 2.05) is 26.0 Å². The molecular formula is C32H50O2. The van der Waals surface area contributed by atoms with Crippen LogP contribution in [-0.2, 0) is 23.7 Å². The van der Waals surface area contributed by atoms with Gasteiger partial charge in [0.05, 0.1) is 0 Å². The SMILES string of the molecule is Cc1cc(CCCCCCCCCCc2cc(C)c(O)cc2C(C)(C)C)c(C(C)(C)C)cc1O. The fourth-order valence-corrected chi connectivity index (χ4v) is 5.01. The van der Waals surface area contributed by atoms with Gasteiger partial charge in [0.1, 0.15) is 11.5 Å². The Morgan fingerprint density at radius 2 is 0.794 bits per heavy atom. The molecule has 2 aromatic rings. The van der Waals surface area contributed by atoms with Crippen LogP contribution >= 0.6 is 0 Å². The zero-order valence-electron chi connectivity index (χ0n) is 23.3. The van der Waals surface area contributed by atoms with Gasteiger partial charge in [0.15, 0.2) is 0 Å². The van der Waals surface area contributed by atoms with Crippen LogP contribution in [0.1, 0.15) is 126 Å². The third-order valence-electron chi connectivity index (χ3n) is 7.10. The molecule has 2 N–H and O–H groups in total. The first-order valence-corrected chi connectivity index (χ1v) is 13.5. The highest BCUT2D eigenvalue weighted by Crippen LogP contribution is 2.33. The van der Waals surface area contributed by atoms with Gasteiger partial charge in [0, 0.05) is 0 Å². The Morgan fingerprint density at radius 1 is 0.500 bits per heavy atom. The Bertz CT molecular complexity index is 848. The molecule has 34 heavy (non-hydrogen) atoms. The summed E-state index contributed by atoms with van der Waals surface area (Å²) in [5.41, 5.74) is 7.48. The summed E-state index contributed by atoms with van der Waals surface area (Å²) in [7, 11) is 0. The number of rotatable bonds is 11. The van der Waals surface area contributed by atoms with Crippen LogP contribution in [0, 0.1) is 13.8 Å². The lowest BCUT2D eigenvalue weighted by Gasteiger charge is -2.24. The highest BCUT2D eigenvalue weighted by Gasteiger charge is 2.20. The van der Waals surface area contributed by atoms with Gasteiger partial charge in [0.2, 0.25) is 0 Å². The molecule has 0 heterocycles. The van der Waals surface area contributed by atoms with Crippen molar-refractivity contribution < 1.29 is 10.2 Å². The molecule has 0 aromatic heterocycles. The molecule has 0 atom stereocenters. The lowest BCUT2D eigenvalue weighted by atomic mass is 9.81. The number of unbranched alkanes of at least 4 members (excludes halogenated alkanes) is 7. The maximum absolute atomic E-state index is 10.1. The minimum atomic E-state index is 0.0625. The van der Waals surface area contributed by atoms with Crippen LogP contribution in [0.4, 0.5) is 0 Å². The minimum Gasteiger partial charge on any atom is -0.508 e. The Labute approximate surface area is 209 Å². The number of phenolic OH excluding ortho intramolecular Hbond substituents is 2. The van der Waals surface area contributed by atoms with Gasteiger partial charge >= 0.3 is 0 Å². The summed E-state index contributed by atoms with van der Waals surface area (Å²) in [6, 6.07) is 8.34. The van der Waals surface area contributed by atoms with E-state index in [1.165, 1.54) is 73.6 Å². The first-order chi connectivity index (χ1) is 15.8. The molecule has 2 nitrogen and oxygen atoms in total. The van der Waals surface area contributed by atoms with Crippen LogP contribution in [0.2, 0.25) is 0 Å². The topological polar surface area (TPSA) is 40.5 Å². The van der Waals surface area contributed by atoms with E-state index in [2.05, 4.69) is 53.7 Å². The van der Waals surface area contributed by atoms with E-state index in [1.54, 1.807) is 0 Å². The Morgan fingerprint density at radius 3 is 1.09 bits per heavy atom. The average molecular weight is 467 g/mol. The van der Waals surface area contributed by atoms with E-state index >= 15 is 0 Å². The predicted octanol–water partition coefficient (Wildman–Crippen LogP) is 9.22. The maximum atomic E-state index is 10.1. The van der Waals surface area contributed by atoms with Crippen molar-refractivity contribution in [1.29, 1.82) is 0 Å². The lowest BCUT2D eigenvalue weighted by molar-refractivity contribution is 0.465. The van der Waals surface area contributed by atoms with E-state index < -0.39 is 0 Å². The largest absolute Gasteiger partial charge is 0.508 e. The van der Waals surface area contributed by atoms with Crippen molar-refractivity contribution in [2.45, 2.75) is 130 Å². The van der Waals surface area contributed by atoms with Crippen molar-refractivity contribution in [1.82, 2.24) is 0 Å². The molecule has 0 unspecified atom stereocenters. The number of aryl methyl sites for hydroxylation is 4. The van der Waals surface area contributed by atoms with Gasteiger partial charge in [-0.05, 0) is 95.9 Å². The zero-order valence-corrected chi connectivity index (χ0v) is 23.3. The molecule has 0 fully saturated rings. The molecule has 0 aliphatic carbocycles. The highest BCUT2D eigenvalue weighted by molar-refractivity contribution is 5.45. The van der Waals surface area contributed by atoms with E-state index in [9.17, 15) is 10.2 Å². The third kappa shape index (κ3) is 8.36. The number of benzene rings is 2. The van der Waals surface area contributed by atoms with Gasteiger partial charge in [-0.1, -0.05) is 92.2 Å². The molecular weight excluding hydrogens is 416 g/mol. The van der Waals surface area contributed by atoms with E-state index in [0.717, 1.165) is 24.0 Å². The van der Waals surface area contributed by atoms with Crippen LogP contribution < -0.4 is 0 Å². The van der Waals surface area contributed by atoms with Crippen LogP contribution in [-0.4, -0.2) is 10.2 Å². The number of phenols is 2. The molecule has 0 aliphatic rings. The van der Waals surface area contributed by atoms with Gasteiger partial charge in [-0.3, -0.25) is 0 Å². The van der Waals surface area contributed by atoms with E-state index in [0.29, 0.717) is 11.5 Å². The Hall–Kier alpha value is -1.96. The van der Waals surface area contributed by atoms with Gasteiger partial charge in [0.25, 0.3) is 0 Å². The fourth-order valence-electron chi connectivity index (χ4n) is 5.01. The van der Waals surface area contributed by atoms with Crippen molar-refractivity contribution in [3.05, 3.63) is 57.6 Å². The Balaban J connectivity index is 1.68. The monoisotopic (exact) mass is 466 g/mol. The smallest absolute Gasteiger partial charge is 0.118 e. The lowest BCUT2D eigenvalue weighted by Crippen LogP contribution is -2.14. The standard InChI is InChI=1S/C32H50O2/c1-23-19-25(27(21-29(23)33)31(3,4)5)17-15-13-11-9-10-12-14-16-18-26-20-24(2)30(34)22-28(26)32(6,7)8/h19-22,33-34H,9-18H2,1-8H3. The zero-order chi connectivity index (χ0) is 25.5. The molecule has 0 amide bonds. The normalized spacial score (nSPS) is 12.4. The maximum Gasteiger partial charge on any atom is 0.118 e. The molecule has 0 bridgehead atoms. The quantitative estimate of drug-likeness (QED) is 0.324. The summed E-state index contributed by atoms with van der Waals surface area (Å²) in [6.07, 6.45) is 12.5. The summed E-state index contributed by atoms with van der Waals surface area (Å²) in [6.45, 7) is 17.4. The number of aromatic hydroxyl groups is 2. The molecule has 0 saturated carbocycles. The molecule has 0 saturated heterocycles. The summed E-state index contributed by atoms with van der Waals surface area (Å²) >= 11 is 0. The van der Waals surface area contributed by atoms with Gasteiger partial charge in [-0.2, -0.15) is 0 Å². The van der Waals surface area contributed by atoms with E-state index in [4.69, 9.17) is 0 Å². The molecule has 2 rings (SSSR count). The molecule has 0 aliphatic heterocycles. The number of hydrogen-bond donors (Lipinski definition) is 2. The summed E-state index contributed by atoms with van der Waals surface area (Å²) < 4.78 is 0. The first kappa shape index (κ1) is 28.3. The van der Waals surface area contributed by atoms with E-state index in [-0.39, 0.29) is 10.8 Å². The van der Waals surface area contributed by atoms with Crippen molar-refractivity contribution in [2.24, 2.45) is 0 Å².